The van der Waals surface area contributed by atoms with Gasteiger partial charge in [-0.05, 0) is 42.5 Å². The average molecular weight is 388 g/mol. The monoisotopic (exact) mass is 388 g/mol. The van der Waals surface area contributed by atoms with Gasteiger partial charge in [0.2, 0.25) is 5.91 Å². The Kier molecular flexibility index (Phi) is 5.75. The fourth-order valence-electron chi connectivity index (χ4n) is 3.62. The van der Waals surface area contributed by atoms with Crippen molar-refractivity contribution in [1.29, 1.82) is 0 Å². The van der Waals surface area contributed by atoms with Gasteiger partial charge in [-0.2, -0.15) is 0 Å². The van der Waals surface area contributed by atoms with Crippen LogP contribution in [0.15, 0.2) is 71.2 Å². The van der Waals surface area contributed by atoms with Crippen molar-refractivity contribution in [2.45, 2.75) is 12.8 Å². The van der Waals surface area contributed by atoms with E-state index in [0.29, 0.717) is 31.3 Å². The Bertz CT molecular complexity index is 982. The maximum atomic E-state index is 12.7. The topological polar surface area (TPSA) is 62.6 Å². The van der Waals surface area contributed by atoms with Gasteiger partial charge in [0.25, 0.3) is 5.91 Å². The first kappa shape index (κ1) is 19.0. The number of para-hydroxylation sites is 1. The molecule has 1 fully saturated rings. The quantitative estimate of drug-likeness (QED) is 0.669. The van der Waals surface area contributed by atoms with Gasteiger partial charge in [0.1, 0.15) is 5.58 Å². The summed E-state index contributed by atoms with van der Waals surface area (Å²) in [6.45, 7) is 1.98. The molecule has 148 valence electrons. The van der Waals surface area contributed by atoms with Crippen molar-refractivity contribution >= 4 is 28.9 Å². The average Bonchev–Trinajstić information content (AvgIpc) is 3.21. The molecule has 0 bridgehead atoms. The highest BCUT2D eigenvalue weighted by molar-refractivity contribution is 5.96. The number of likely N-dealkylation sites (tertiary alicyclic amines) is 1. The summed E-state index contributed by atoms with van der Waals surface area (Å²) in [6, 6.07) is 19.2. The molecule has 4 rings (SSSR count). The van der Waals surface area contributed by atoms with Gasteiger partial charge >= 0.3 is 0 Å². The van der Waals surface area contributed by atoms with Gasteiger partial charge in [-0.15, -0.1) is 0 Å². The third-order valence-electron chi connectivity index (χ3n) is 5.33. The smallest absolute Gasteiger partial charge is 0.289 e. The number of hydrogen-bond acceptors (Lipinski definition) is 3. The molecule has 29 heavy (non-hydrogen) atoms. The second-order valence-corrected chi connectivity index (χ2v) is 7.37. The standard InChI is InChI=1S/C24H24N2O3/c27-23(11-10-18-6-2-1-3-7-18)25-17-19-12-14-26(15-13-19)24(28)22-16-20-8-4-5-9-21(20)29-22/h1-11,16,19H,12-15,17H2,(H,25,27). The van der Waals surface area contributed by atoms with E-state index in [0.717, 1.165) is 29.4 Å². The highest BCUT2D eigenvalue weighted by atomic mass is 16.3. The number of furan rings is 1. The van der Waals surface area contributed by atoms with Gasteiger partial charge in [-0.25, -0.2) is 0 Å². The molecule has 2 heterocycles. The van der Waals surface area contributed by atoms with E-state index in [1.807, 2.05) is 71.6 Å². The maximum absolute atomic E-state index is 12.7. The Morgan fingerprint density at radius 2 is 1.76 bits per heavy atom. The van der Waals surface area contributed by atoms with Crippen LogP contribution in [0.1, 0.15) is 29.0 Å². The van der Waals surface area contributed by atoms with Crippen LogP contribution in [0.5, 0.6) is 0 Å². The van der Waals surface area contributed by atoms with E-state index in [9.17, 15) is 9.59 Å². The number of hydrogen-bond donors (Lipinski definition) is 1. The normalized spacial score (nSPS) is 15.1. The molecular weight excluding hydrogens is 364 g/mol. The minimum Gasteiger partial charge on any atom is -0.451 e. The molecule has 2 aromatic carbocycles. The fourth-order valence-corrected chi connectivity index (χ4v) is 3.62. The Morgan fingerprint density at radius 1 is 1.03 bits per heavy atom. The molecule has 3 aromatic rings. The highest BCUT2D eigenvalue weighted by Crippen LogP contribution is 2.23. The van der Waals surface area contributed by atoms with Gasteiger partial charge in [-0.3, -0.25) is 9.59 Å². The Labute approximate surface area is 170 Å². The molecule has 0 radical (unpaired) electrons. The first-order chi connectivity index (χ1) is 14.2. The van der Waals surface area contributed by atoms with Crippen molar-refractivity contribution in [2.24, 2.45) is 5.92 Å². The molecule has 5 nitrogen and oxygen atoms in total. The van der Waals surface area contributed by atoms with E-state index in [1.54, 1.807) is 6.08 Å². The van der Waals surface area contributed by atoms with Crippen LogP contribution >= 0.6 is 0 Å². The molecule has 0 aliphatic carbocycles. The van der Waals surface area contributed by atoms with Crippen molar-refractivity contribution in [2.75, 3.05) is 19.6 Å². The van der Waals surface area contributed by atoms with Crippen molar-refractivity contribution < 1.29 is 14.0 Å². The fraction of sp³-hybridized carbons (Fsp3) is 0.250. The lowest BCUT2D eigenvalue weighted by Gasteiger charge is -2.31. The summed E-state index contributed by atoms with van der Waals surface area (Å²) in [5.74, 6) is 0.622. The molecular formula is C24H24N2O3. The molecule has 0 unspecified atom stereocenters. The van der Waals surface area contributed by atoms with E-state index in [-0.39, 0.29) is 11.8 Å². The number of amides is 2. The number of nitrogens with one attached hydrogen (secondary N) is 1. The minimum atomic E-state index is -0.0883. The highest BCUT2D eigenvalue weighted by Gasteiger charge is 2.25. The summed E-state index contributed by atoms with van der Waals surface area (Å²) < 4.78 is 5.70. The number of rotatable bonds is 5. The van der Waals surface area contributed by atoms with Crippen LogP contribution < -0.4 is 5.32 Å². The van der Waals surface area contributed by atoms with Gasteiger partial charge in [-0.1, -0.05) is 48.5 Å². The van der Waals surface area contributed by atoms with Gasteiger partial charge < -0.3 is 14.6 Å². The van der Waals surface area contributed by atoms with Crippen LogP contribution in [0.25, 0.3) is 17.0 Å². The molecule has 0 atom stereocenters. The zero-order valence-electron chi connectivity index (χ0n) is 16.2. The van der Waals surface area contributed by atoms with Crippen LogP contribution in [-0.4, -0.2) is 36.3 Å². The number of benzene rings is 2. The molecule has 5 heteroatoms. The second-order valence-electron chi connectivity index (χ2n) is 7.37. The molecule has 0 spiro atoms. The summed E-state index contributed by atoms with van der Waals surface area (Å²) in [4.78, 5) is 26.6. The zero-order chi connectivity index (χ0) is 20.1. The van der Waals surface area contributed by atoms with Gasteiger partial charge in [0.15, 0.2) is 5.76 Å². The van der Waals surface area contributed by atoms with Crippen LogP contribution in [0.4, 0.5) is 0 Å². The van der Waals surface area contributed by atoms with E-state index in [4.69, 9.17) is 4.42 Å². The van der Waals surface area contributed by atoms with Crippen LogP contribution in [0.3, 0.4) is 0 Å². The lowest BCUT2D eigenvalue weighted by Crippen LogP contribution is -2.41. The van der Waals surface area contributed by atoms with Crippen LogP contribution in [0.2, 0.25) is 0 Å². The number of carbonyl (C=O) groups is 2. The van der Waals surface area contributed by atoms with Crippen molar-refractivity contribution in [3.05, 3.63) is 78.1 Å². The maximum Gasteiger partial charge on any atom is 0.289 e. The predicted octanol–water partition coefficient (Wildman–Crippen LogP) is 4.11. The summed E-state index contributed by atoms with van der Waals surface area (Å²) in [5.41, 5.74) is 1.73. The SMILES string of the molecule is O=C(C=Cc1ccccc1)NCC1CCN(C(=O)c2cc3ccccc3o2)CC1. The Balaban J connectivity index is 1.24. The number of piperidine rings is 1. The molecule has 1 aliphatic rings. The lowest BCUT2D eigenvalue weighted by molar-refractivity contribution is -0.116. The molecule has 0 saturated carbocycles. The third-order valence-corrected chi connectivity index (χ3v) is 5.33. The van der Waals surface area contributed by atoms with Gasteiger partial charge in [0, 0.05) is 31.1 Å². The number of nitrogens with zero attached hydrogens (tertiary/aromatic N) is 1. The second kappa shape index (κ2) is 8.78. The Hall–Kier alpha value is -3.34. The zero-order valence-corrected chi connectivity index (χ0v) is 16.2. The Morgan fingerprint density at radius 3 is 2.52 bits per heavy atom. The van der Waals surface area contributed by atoms with Crippen LogP contribution in [-0.2, 0) is 4.79 Å². The van der Waals surface area contributed by atoms with Crippen molar-refractivity contribution in [3.8, 4) is 0 Å². The molecule has 1 aromatic heterocycles. The van der Waals surface area contributed by atoms with Crippen LogP contribution in [0, 0.1) is 5.92 Å². The lowest BCUT2D eigenvalue weighted by atomic mass is 9.96. The molecule has 1 saturated heterocycles. The molecule has 1 N–H and O–H groups in total. The molecule has 2 amide bonds. The summed E-state index contributed by atoms with van der Waals surface area (Å²) in [7, 11) is 0. The van der Waals surface area contributed by atoms with E-state index >= 15 is 0 Å². The number of carbonyl (C=O) groups excluding carboxylic acids is 2. The first-order valence-electron chi connectivity index (χ1n) is 9.98. The first-order valence-corrected chi connectivity index (χ1v) is 9.98. The summed E-state index contributed by atoms with van der Waals surface area (Å²) in [6.07, 6.45) is 5.11. The molecule has 1 aliphatic heterocycles. The minimum absolute atomic E-state index is 0.0607. The van der Waals surface area contributed by atoms with Crippen molar-refractivity contribution in [3.63, 3.8) is 0 Å². The summed E-state index contributed by atoms with van der Waals surface area (Å²) >= 11 is 0. The predicted molar refractivity (Wildman–Crippen MR) is 113 cm³/mol. The third kappa shape index (κ3) is 4.74. The van der Waals surface area contributed by atoms with Crippen molar-refractivity contribution in [1.82, 2.24) is 10.2 Å². The summed E-state index contributed by atoms with van der Waals surface area (Å²) in [5, 5.41) is 3.91. The van der Waals surface area contributed by atoms with E-state index < -0.39 is 0 Å². The van der Waals surface area contributed by atoms with Gasteiger partial charge in [0.05, 0.1) is 0 Å². The van der Waals surface area contributed by atoms with E-state index in [2.05, 4.69) is 5.32 Å². The number of fused-ring (bicyclic) bond motifs is 1. The largest absolute Gasteiger partial charge is 0.451 e. The van der Waals surface area contributed by atoms with E-state index in [1.165, 1.54) is 0 Å².